The Balaban J connectivity index is 1.89. The van der Waals surface area contributed by atoms with Gasteiger partial charge in [-0.3, -0.25) is 13.9 Å². The lowest BCUT2D eigenvalue weighted by Gasteiger charge is -2.33. The average molecular weight is 514 g/mol. The molecule has 0 radical (unpaired) electrons. The first kappa shape index (κ1) is 27.7. The van der Waals surface area contributed by atoms with Gasteiger partial charge in [-0.1, -0.05) is 76.1 Å². The minimum atomic E-state index is -3.74. The van der Waals surface area contributed by atoms with Crippen LogP contribution in [0, 0.1) is 0 Å². The zero-order valence-corrected chi connectivity index (χ0v) is 22.6. The van der Waals surface area contributed by atoms with Gasteiger partial charge in [0.1, 0.15) is 12.6 Å². The lowest BCUT2D eigenvalue weighted by molar-refractivity contribution is -0.140. The molecule has 2 amide bonds. The van der Waals surface area contributed by atoms with Crippen LogP contribution < -0.4 is 9.62 Å². The highest BCUT2D eigenvalue weighted by atomic mass is 32.2. The van der Waals surface area contributed by atoms with E-state index in [9.17, 15) is 18.0 Å². The van der Waals surface area contributed by atoms with Crippen LogP contribution >= 0.6 is 0 Å². The van der Waals surface area contributed by atoms with Crippen LogP contribution in [0.15, 0.2) is 54.6 Å². The molecule has 1 N–H and O–H groups in total. The second-order valence-corrected chi connectivity index (χ2v) is 11.8. The van der Waals surface area contributed by atoms with Crippen LogP contribution in [0.4, 0.5) is 5.69 Å². The summed E-state index contributed by atoms with van der Waals surface area (Å²) in [5, 5.41) is 3.12. The third-order valence-electron chi connectivity index (χ3n) is 6.81. The van der Waals surface area contributed by atoms with Crippen LogP contribution in [0.25, 0.3) is 0 Å². The van der Waals surface area contributed by atoms with Gasteiger partial charge >= 0.3 is 0 Å². The molecular weight excluding hydrogens is 474 g/mol. The maximum Gasteiger partial charge on any atom is 0.244 e. The molecule has 0 bridgehead atoms. The topological polar surface area (TPSA) is 86.8 Å². The number of carbonyl (C=O) groups is 2. The first-order valence-electron chi connectivity index (χ1n) is 12.8. The van der Waals surface area contributed by atoms with Crippen molar-refractivity contribution in [3.63, 3.8) is 0 Å². The molecule has 3 rings (SSSR count). The quantitative estimate of drug-likeness (QED) is 0.481. The number of carbonyl (C=O) groups excluding carboxylic acids is 2. The fourth-order valence-corrected chi connectivity index (χ4v) is 5.56. The molecule has 0 aromatic heterocycles. The van der Waals surface area contributed by atoms with E-state index in [1.165, 1.54) is 4.90 Å². The molecule has 1 saturated carbocycles. The predicted molar refractivity (Wildman–Crippen MR) is 144 cm³/mol. The first-order valence-corrected chi connectivity index (χ1v) is 14.7. The minimum absolute atomic E-state index is 0.132. The van der Waals surface area contributed by atoms with Crippen LogP contribution in [-0.4, -0.2) is 50.0 Å². The summed E-state index contributed by atoms with van der Waals surface area (Å²) >= 11 is 0. The van der Waals surface area contributed by atoms with Gasteiger partial charge in [-0.2, -0.15) is 0 Å². The van der Waals surface area contributed by atoms with Gasteiger partial charge in [-0.05, 0) is 48.4 Å². The molecule has 36 heavy (non-hydrogen) atoms. The second-order valence-electron chi connectivity index (χ2n) is 9.94. The molecule has 0 unspecified atom stereocenters. The predicted octanol–water partition coefficient (Wildman–Crippen LogP) is 4.44. The van der Waals surface area contributed by atoms with Gasteiger partial charge in [-0.15, -0.1) is 0 Å². The van der Waals surface area contributed by atoms with Crippen molar-refractivity contribution in [1.29, 1.82) is 0 Å². The van der Waals surface area contributed by atoms with E-state index >= 15 is 0 Å². The van der Waals surface area contributed by atoms with Crippen LogP contribution in [0.2, 0.25) is 0 Å². The molecule has 2 aromatic rings. The highest BCUT2D eigenvalue weighted by Crippen LogP contribution is 2.23. The van der Waals surface area contributed by atoms with Gasteiger partial charge in [-0.25, -0.2) is 8.42 Å². The molecule has 1 fully saturated rings. The number of rotatable bonds is 11. The van der Waals surface area contributed by atoms with Crippen molar-refractivity contribution in [3.05, 3.63) is 65.7 Å². The molecule has 2 aromatic carbocycles. The lowest BCUT2D eigenvalue weighted by atomic mass is 10.0. The van der Waals surface area contributed by atoms with E-state index in [0.717, 1.165) is 47.4 Å². The van der Waals surface area contributed by atoms with E-state index in [-0.39, 0.29) is 25.0 Å². The van der Waals surface area contributed by atoms with Crippen molar-refractivity contribution >= 4 is 27.5 Å². The Morgan fingerprint density at radius 2 is 1.61 bits per heavy atom. The standard InChI is InChI=1S/C28H39N3O4S/c1-5-26(28(33)29-24-13-9-10-14-24)30(19-22-11-7-6-8-12-22)27(32)20-31(36(4,34)35)25-17-15-23(16-18-25)21(2)3/h6-8,11-12,15-18,21,24,26H,5,9-10,13-14,19-20H2,1-4H3,(H,29,33)/t26-/m1/s1. The molecular formula is C28H39N3O4S. The van der Waals surface area contributed by atoms with Gasteiger partial charge < -0.3 is 10.2 Å². The van der Waals surface area contributed by atoms with Crippen molar-refractivity contribution in [2.45, 2.75) is 77.4 Å². The van der Waals surface area contributed by atoms with Crippen molar-refractivity contribution in [2.75, 3.05) is 17.1 Å². The summed E-state index contributed by atoms with van der Waals surface area (Å²) in [6.45, 7) is 5.86. The number of nitrogens with zero attached hydrogens (tertiary/aromatic N) is 2. The summed E-state index contributed by atoms with van der Waals surface area (Å²) in [5.74, 6) is -0.288. The zero-order chi connectivity index (χ0) is 26.3. The molecule has 1 aliphatic carbocycles. The van der Waals surface area contributed by atoms with E-state index < -0.39 is 22.0 Å². The van der Waals surface area contributed by atoms with E-state index in [2.05, 4.69) is 19.2 Å². The van der Waals surface area contributed by atoms with Gasteiger partial charge in [0.05, 0.1) is 11.9 Å². The Kier molecular flexibility index (Phi) is 9.54. The first-order chi connectivity index (χ1) is 17.1. The normalized spacial score (nSPS) is 15.0. The number of amides is 2. The number of benzene rings is 2. The SMILES string of the molecule is CC[C@H](C(=O)NC1CCCC1)N(Cc1ccccc1)C(=O)CN(c1ccc(C(C)C)cc1)S(C)(=O)=O. The Bertz CT molecular complexity index is 1110. The highest BCUT2D eigenvalue weighted by molar-refractivity contribution is 7.92. The number of hydrogen-bond acceptors (Lipinski definition) is 4. The zero-order valence-electron chi connectivity index (χ0n) is 21.8. The van der Waals surface area contributed by atoms with E-state index in [4.69, 9.17) is 0 Å². The monoisotopic (exact) mass is 513 g/mol. The minimum Gasteiger partial charge on any atom is -0.352 e. The van der Waals surface area contributed by atoms with Gasteiger partial charge in [0.2, 0.25) is 21.8 Å². The van der Waals surface area contributed by atoms with E-state index in [1.807, 2.05) is 49.4 Å². The van der Waals surface area contributed by atoms with Gasteiger partial charge in [0, 0.05) is 12.6 Å². The van der Waals surface area contributed by atoms with Crippen molar-refractivity contribution in [2.24, 2.45) is 0 Å². The Morgan fingerprint density at radius 1 is 1.00 bits per heavy atom. The maximum absolute atomic E-state index is 13.7. The highest BCUT2D eigenvalue weighted by Gasteiger charge is 2.33. The smallest absolute Gasteiger partial charge is 0.244 e. The molecule has 196 valence electrons. The van der Waals surface area contributed by atoms with Gasteiger partial charge in [0.15, 0.2) is 0 Å². The van der Waals surface area contributed by atoms with Crippen LogP contribution in [0.5, 0.6) is 0 Å². The summed E-state index contributed by atoms with van der Waals surface area (Å²) < 4.78 is 26.6. The molecule has 0 saturated heterocycles. The summed E-state index contributed by atoms with van der Waals surface area (Å²) in [5.41, 5.74) is 2.39. The van der Waals surface area contributed by atoms with Crippen molar-refractivity contribution < 1.29 is 18.0 Å². The second kappa shape index (κ2) is 12.4. The Morgan fingerprint density at radius 3 is 2.14 bits per heavy atom. The third kappa shape index (κ3) is 7.32. The number of hydrogen-bond donors (Lipinski definition) is 1. The number of nitrogens with one attached hydrogen (secondary N) is 1. The van der Waals surface area contributed by atoms with E-state index in [1.54, 1.807) is 12.1 Å². The largest absolute Gasteiger partial charge is 0.352 e. The molecule has 8 heteroatoms. The average Bonchev–Trinajstić information content (AvgIpc) is 3.35. The number of anilines is 1. The Hall–Kier alpha value is -2.87. The molecule has 7 nitrogen and oxygen atoms in total. The molecule has 0 heterocycles. The summed E-state index contributed by atoms with van der Waals surface area (Å²) in [6, 6.07) is 16.1. The van der Waals surface area contributed by atoms with Gasteiger partial charge in [0.25, 0.3) is 0 Å². The van der Waals surface area contributed by atoms with Crippen molar-refractivity contribution in [1.82, 2.24) is 10.2 Å². The maximum atomic E-state index is 13.7. The molecule has 0 aliphatic heterocycles. The van der Waals surface area contributed by atoms with E-state index in [0.29, 0.717) is 18.0 Å². The summed E-state index contributed by atoms with van der Waals surface area (Å²) in [7, 11) is -3.74. The summed E-state index contributed by atoms with van der Waals surface area (Å²) in [4.78, 5) is 28.5. The summed E-state index contributed by atoms with van der Waals surface area (Å²) in [6.07, 6.45) is 5.61. The molecule has 0 spiro atoms. The van der Waals surface area contributed by atoms with Crippen molar-refractivity contribution in [3.8, 4) is 0 Å². The number of sulfonamides is 1. The van der Waals surface area contributed by atoms with Crippen LogP contribution in [0.3, 0.4) is 0 Å². The Labute approximate surface area is 215 Å². The molecule has 1 atom stereocenters. The fraction of sp³-hybridized carbons (Fsp3) is 0.500. The van der Waals surface area contributed by atoms with Crippen LogP contribution in [0.1, 0.15) is 69.9 Å². The van der Waals surface area contributed by atoms with Crippen LogP contribution in [-0.2, 0) is 26.2 Å². The fourth-order valence-electron chi connectivity index (χ4n) is 4.71. The third-order valence-corrected chi connectivity index (χ3v) is 7.95. The molecule has 1 aliphatic rings. The lowest BCUT2D eigenvalue weighted by Crippen LogP contribution is -2.53.